The van der Waals surface area contributed by atoms with E-state index in [1.165, 1.54) is 71.2 Å². The number of benzene rings is 10. The lowest BCUT2D eigenvalue weighted by Crippen LogP contribution is -2.51. The molecule has 2 aliphatic heterocycles. The van der Waals surface area contributed by atoms with E-state index in [4.69, 9.17) is 19.7 Å². The van der Waals surface area contributed by atoms with E-state index in [1.807, 2.05) is 36.4 Å². The molecule has 3 heterocycles. The maximum Gasteiger partial charge on any atom is 0.164 e. The van der Waals surface area contributed by atoms with E-state index >= 15 is 0 Å². The first-order chi connectivity index (χ1) is 33.9. The number of aromatic nitrogens is 3. The Bertz CT molecular complexity index is 3860. The Labute approximate surface area is 402 Å². The molecule has 10 aromatic carbocycles. The van der Waals surface area contributed by atoms with Gasteiger partial charge in [0.2, 0.25) is 0 Å². The molecule has 324 valence electrons. The van der Waals surface area contributed by atoms with Crippen LogP contribution in [-0.4, -0.2) is 23.0 Å². The van der Waals surface area contributed by atoms with Gasteiger partial charge in [-0.1, -0.05) is 213 Å². The molecule has 69 heavy (non-hydrogen) atoms. The van der Waals surface area contributed by atoms with E-state index in [1.54, 1.807) is 0 Å². The number of rotatable bonds is 5. The third-order valence-electron chi connectivity index (χ3n) is 14.9. The first-order valence-electron chi connectivity index (χ1n) is 23.8. The van der Waals surface area contributed by atoms with Gasteiger partial charge in [0.05, 0.1) is 5.41 Å². The van der Waals surface area contributed by atoms with Gasteiger partial charge in [0.1, 0.15) is 19.6 Å². The molecule has 0 radical (unpaired) electrons. The summed E-state index contributed by atoms with van der Waals surface area (Å²) in [7, 11) is -2.45. The van der Waals surface area contributed by atoms with Gasteiger partial charge in [0, 0.05) is 27.8 Å². The van der Waals surface area contributed by atoms with Crippen LogP contribution in [0.3, 0.4) is 0 Å². The van der Waals surface area contributed by atoms with Crippen LogP contribution in [0.25, 0.3) is 89.4 Å². The van der Waals surface area contributed by atoms with Crippen molar-refractivity contribution in [3.05, 3.63) is 247 Å². The van der Waals surface area contributed by atoms with Crippen molar-refractivity contribution in [1.29, 1.82) is 0 Å². The van der Waals surface area contributed by atoms with Gasteiger partial charge in [-0.15, -0.1) is 0 Å². The molecule has 0 N–H and O–H groups in total. The molecular weight excluding hydrogens is 855 g/mol. The largest absolute Gasteiger partial charge is 0.457 e. The zero-order valence-electron chi connectivity index (χ0n) is 38.1. The average molecular weight is 898 g/mol. The lowest BCUT2D eigenvalue weighted by Gasteiger charge is -2.39. The lowest BCUT2D eigenvalue weighted by molar-refractivity contribution is 0.436. The fourth-order valence-corrected chi connectivity index (χ4v) is 15.8. The summed E-state index contributed by atoms with van der Waals surface area (Å²) in [6.07, 6.45) is 0. The number of para-hydroxylation sites is 1. The second-order valence-corrected chi connectivity index (χ2v) is 23.3. The zero-order chi connectivity index (χ0) is 45.8. The van der Waals surface area contributed by atoms with Gasteiger partial charge in [0.15, 0.2) is 17.5 Å². The van der Waals surface area contributed by atoms with Gasteiger partial charge in [0.25, 0.3) is 0 Å². The Kier molecular flexibility index (Phi) is 8.61. The highest BCUT2D eigenvalue weighted by atomic mass is 28.3. The fraction of sp³-hybridized carbons (Fsp3) is 0.0469. The van der Waals surface area contributed by atoms with Crippen molar-refractivity contribution >= 4 is 29.2 Å². The number of nitrogens with zero attached hydrogens (tertiary/aromatic N) is 3. The van der Waals surface area contributed by atoms with Gasteiger partial charge in [-0.25, -0.2) is 15.0 Å². The Morgan fingerprint density at radius 1 is 0.319 bits per heavy atom. The molecule has 1 aromatic heterocycles. The molecule has 0 bridgehead atoms. The smallest absolute Gasteiger partial charge is 0.164 e. The molecule has 0 fully saturated rings. The first-order valence-corrected chi connectivity index (χ1v) is 26.8. The van der Waals surface area contributed by atoms with Crippen molar-refractivity contribution in [1.82, 2.24) is 15.0 Å². The van der Waals surface area contributed by atoms with Gasteiger partial charge in [-0.05, 0) is 101 Å². The summed E-state index contributed by atoms with van der Waals surface area (Å²) in [5, 5.41) is 5.24. The summed E-state index contributed by atoms with van der Waals surface area (Å²) in [5.74, 6) is 3.79. The van der Waals surface area contributed by atoms with E-state index in [0.29, 0.717) is 17.5 Å². The summed E-state index contributed by atoms with van der Waals surface area (Å²) in [4.78, 5) is 15.5. The predicted octanol–water partition coefficient (Wildman–Crippen LogP) is 14.6. The Hall–Kier alpha value is -8.51. The van der Waals surface area contributed by atoms with Crippen LogP contribution < -0.4 is 15.1 Å². The monoisotopic (exact) mass is 897 g/mol. The van der Waals surface area contributed by atoms with E-state index in [9.17, 15) is 0 Å². The molecule has 1 unspecified atom stereocenters. The predicted molar refractivity (Wildman–Crippen MR) is 284 cm³/mol. The summed E-state index contributed by atoms with van der Waals surface area (Å²) in [5.41, 5.74) is 17.1. The molecule has 14 rings (SSSR count). The summed E-state index contributed by atoms with van der Waals surface area (Å²) < 4.78 is 7.11. The van der Waals surface area contributed by atoms with Crippen LogP contribution in [0.1, 0.15) is 22.3 Å². The maximum absolute atomic E-state index is 7.11. The molecule has 1 atom stereocenters. The third-order valence-corrected chi connectivity index (χ3v) is 18.5. The van der Waals surface area contributed by atoms with Crippen LogP contribution in [-0.2, 0) is 5.41 Å². The highest BCUT2D eigenvalue weighted by molar-refractivity contribution is 7.05. The van der Waals surface area contributed by atoms with Gasteiger partial charge >= 0.3 is 0 Å². The fourth-order valence-electron chi connectivity index (χ4n) is 12.0. The summed E-state index contributed by atoms with van der Waals surface area (Å²) in [6.45, 7) is 4.98. The molecule has 3 aliphatic rings. The first kappa shape index (κ1) is 39.6. The summed E-state index contributed by atoms with van der Waals surface area (Å²) >= 11 is 0. The second kappa shape index (κ2) is 15.0. The number of ether oxygens (including phenoxy) is 1. The lowest BCUT2D eigenvalue weighted by atomic mass is 9.65. The molecule has 4 nitrogen and oxygen atoms in total. The van der Waals surface area contributed by atoms with Crippen molar-refractivity contribution in [3.8, 4) is 90.2 Å². The second-order valence-electron chi connectivity index (χ2n) is 19.0. The topological polar surface area (TPSA) is 47.9 Å². The summed E-state index contributed by atoms with van der Waals surface area (Å²) in [6, 6.07) is 81.2. The van der Waals surface area contributed by atoms with E-state index < -0.39 is 13.5 Å². The number of fused-ring (bicyclic) bond motifs is 13. The minimum Gasteiger partial charge on any atom is -0.457 e. The van der Waals surface area contributed by atoms with Gasteiger partial charge < -0.3 is 4.74 Å². The highest BCUT2D eigenvalue weighted by Crippen LogP contribution is 2.62. The Morgan fingerprint density at radius 2 is 0.841 bits per heavy atom. The molecule has 0 saturated heterocycles. The third kappa shape index (κ3) is 5.84. The van der Waals surface area contributed by atoms with Crippen molar-refractivity contribution < 1.29 is 4.74 Å². The minimum atomic E-state index is -2.45. The SMILES string of the molecule is C[Si]1(C)c2c(-c3ccc4c(c3)Oc3ccccc3C43c4ccccc4-c4ccc(-c5ccc6ccccc6c5)cc43)cccc2-c2cccc(-c3nc(-c4ccccc4)nc(-c4ccccc4)n3)c21. The van der Waals surface area contributed by atoms with Crippen LogP contribution in [0, 0.1) is 0 Å². The average Bonchev–Trinajstić information content (AvgIpc) is 3.83. The van der Waals surface area contributed by atoms with Crippen molar-refractivity contribution in [2.75, 3.05) is 0 Å². The molecular formula is C64H43N3OSi. The van der Waals surface area contributed by atoms with Crippen LogP contribution in [0.15, 0.2) is 224 Å². The molecule has 5 heteroatoms. The van der Waals surface area contributed by atoms with E-state index in [-0.39, 0.29) is 0 Å². The highest BCUT2D eigenvalue weighted by Gasteiger charge is 2.51. The zero-order valence-corrected chi connectivity index (χ0v) is 39.1. The van der Waals surface area contributed by atoms with Crippen LogP contribution in [0.5, 0.6) is 11.5 Å². The molecule has 1 spiro atoms. The van der Waals surface area contributed by atoms with Crippen molar-refractivity contribution in [2.24, 2.45) is 0 Å². The molecule has 11 aromatic rings. The van der Waals surface area contributed by atoms with Gasteiger partial charge in [-0.3, -0.25) is 0 Å². The molecule has 1 aliphatic carbocycles. The minimum absolute atomic E-state index is 0.596. The number of hydrogen-bond donors (Lipinski definition) is 0. The number of hydrogen-bond acceptors (Lipinski definition) is 4. The standard InChI is InChI=1S/C64H43N3OSi/c1-69(2)59-47(24-15-25-50(59)51-26-16-27-52(60(51)69)63-66-61(41-18-5-3-6-19-41)65-62(67-63)42-20-7-4-8-21-42)46-34-36-55-58(39-46)68-57-30-14-13-29-54(57)64(55)53-28-12-11-23-48(53)49-35-33-45(38-56(49)64)44-32-31-40-17-9-10-22-43(40)37-44/h3-39H,1-2H3. The maximum atomic E-state index is 7.11. The Balaban J connectivity index is 0.931. The molecule has 0 amide bonds. The van der Waals surface area contributed by atoms with Gasteiger partial charge in [-0.2, -0.15) is 0 Å². The van der Waals surface area contributed by atoms with Crippen LogP contribution in [0.4, 0.5) is 0 Å². The molecule has 0 saturated carbocycles. The Morgan fingerprint density at radius 3 is 1.59 bits per heavy atom. The van der Waals surface area contributed by atoms with Crippen molar-refractivity contribution in [2.45, 2.75) is 18.5 Å². The van der Waals surface area contributed by atoms with Crippen LogP contribution in [0.2, 0.25) is 13.1 Å². The quantitative estimate of drug-likeness (QED) is 0.162. The van der Waals surface area contributed by atoms with E-state index in [2.05, 4.69) is 201 Å². The normalized spacial score (nSPS) is 15.4. The van der Waals surface area contributed by atoms with Crippen molar-refractivity contribution in [3.63, 3.8) is 0 Å². The van der Waals surface area contributed by atoms with E-state index in [0.717, 1.165) is 44.9 Å². The van der Waals surface area contributed by atoms with Crippen LogP contribution >= 0.6 is 0 Å².